The molecule has 2 aromatic carbocycles. The lowest BCUT2D eigenvalue weighted by molar-refractivity contribution is -0.385. The highest BCUT2D eigenvalue weighted by atomic mass is 19.1. The van der Waals surface area contributed by atoms with Crippen LogP contribution in [0.3, 0.4) is 0 Å². The minimum Gasteiger partial charge on any atom is -0.465 e. The standard InChI is InChI=1S/C19H19F2N3O4/c1-28-19(25)15-4-2-13(10-16(15)20)12-22-6-8-23(9-7-22)18-5-3-14(24(26)27)11-17(18)21/h2-5,10-11H,6-9,12H2,1H3. The first-order valence-corrected chi connectivity index (χ1v) is 8.67. The summed E-state index contributed by atoms with van der Waals surface area (Å²) in [7, 11) is 1.20. The maximum absolute atomic E-state index is 14.2. The fraction of sp³-hybridized carbons (Fsp3) is 0.316. The van der Waals surface area contributed by atoms with Crippen LogP contribution in [0.2, 0.25) is 0 Å². The number of rotatable bonds is 5. The molecule has 1 fully saturated rings. The third-order valence-corrected chi connectivity index (χ3v) is 4.70. The van der Waals surface area contributed by atoms with E-state index in [1.807, 2.05) is 4.90 Å². The Morgan fingerprint density at radius 3 is 2.39 bits per heavy atom. The number of non-ortho nitro benzene ring substituents is 1. The predicted octanol–water partition coefficient (Wildman–Crippen LogP) is 2.98. The van der Waals surface area contributed by atoms with Crippen LogP contribution < -0.4 is 4.90 Å². The maximum atomic E-state index is 14.2. The van der Waals surface area contributed by atoms with E-state index in [4.69, 9.17) is 0 Å². The van der Waals surface area contributed by atoms with Crippen molar-refractivity contribution in [2.75, 3.05) is 38.2 Å². The summed E-state index contributed by atoms with van der Waals surface area (Å²) in [6.45, 7) is 2.82. The van der Waals surface area contributed by atoms with E-state index < -0.39 is 22.5 Å². The van der Waals surface area contributed by atoms with Gasteiger partial charge in [0.15, 0.2) is 5.82 Å². The van der Waals surface area contributed by atoms with Gasteiger partial charge in [-0.1, -0.05) is 6.07 Å². The van der Waals surface area contributed by atoms with Gasteiger partial charge in [-0.15, -0.1) is 0 Å². The molecule has 7 nitrogen and oxygen atoms in total. The van der Waals surface area contributed by atoms with Crippen LogP contribution in [0.4, 0.5) is 20.2 Å². The number of halogens is 2. The average Bonchev–Trinajstić information content (AvgIpc) is 2.68. The third-order valence-electron chi connectivity index (χ3n) is 4.70. The molecule has 0 aliphatic carbocycles. The van der Waals surface area contributed by atoms with Gasteiger partial charge in [0.1, 0.15) is 5.82 Å². The molecule has 0 spiro atoms. The van der Waals surface area contributed by atoms with Crippen LogP contribution in [0.25, 0.3) is 0 Å². The number of ether oxygens (including phenoxy) is 1. The van der Waals surface area contributed by atoms with Gasteiger partial charge in [0.2, 0.25) is 0 Å². The second-order valence-electron chi connectivity index (χ2n) is 6.46. The van der Waals surface area contributed by atoms with Gasteiger partial charge in [-0.2, -0.15) is 0 Å². The highest BCUT2D eigenvalue weighted by molar-refractivity contribution is 5.89. The normalized spacial score (nSPS) is 14.8. The lowest BCUT2D eigenvalue weighted by atomic mass is 10.1. The summed E-state index contributed by atoms with van der Waals surface area (Å²) in [5.74, 6) is -1.97. The first-order valence-electron chi connectivity index (χ1n) is 8.67. The van der Waals surface area contributed by atoms with Crippen molar-refractivity contribution in [1.29, 1.82) is 0 Å². The summed E-state index contributed by atoms with van der Waals surface area (Å²) in [5.41, 5.74) is 0.667. The van der Waals surface area contributed by atoms with Crippen molar-refractivity contribution < 1.29 is 23.2 Å². The van der Waals surface area contributed by atoms with Crippen molar-refractivity contribution in [2.24, 2.45) is 0 Å². The molecule has 2 aromatic rings. The summed E-state index contributed by atoms with van der Waals surface area (Å²) in [5, 5.41) is 10.7. The number of carbonyl (C=O) groups excluding carboxylic acids is 1. The Labute approximate surface area is 160 Å². The van der Waals surface area contributed by atoms with Crippen LogP contribution in [-0.2, 0) is 11.3 Å². The number of methoxy groups -OCH3 is 1. The molecule has 1 saturated heterocycles. The zero-order chi connectivity index (χ0) is 20.3. The summed E-state index contributed by atoms with van der Waals surface area (Å²) < 4.78 is 32.7. The molecule has 28 heavy (non-hydrogen) atoms. The van der Waals surface area contributed by atoms with E-state index >= 15 is 0 Å². The quantitative estimate of drug-likeness (QED) is 0.443. The lowest BCUT2D eigenvalue weighted by Crippen LogP contribution is -2.46. The number of nitro groups is 1. The molecule has 0 N–H and O–H groups in total. The lowest BCUT2D eigenvalue weighted by Gasteiger charge is -2.36. The van der Waals surface area contributed by atoms with E-state index in [0.29, 0.717) is 38.4 Å². The highest BCUT2D eigenvalue weighted by Crippen LogP contribution is 2.25. The van der Waals surface area contributed by atoms with E-state index in [1.54, 1.807) is 6.07 Å². The second kappa shape index (κ2) is 8.30. The minimum absolute atomic E-state index is 0.107. The fourth-order valence-electron chi connectivity index (χ4n) is 3.20. The van der Waals surface area contributed by atoms with Crippen molar-refractivity contribution in [1.82, 2.24) is 4.90 Å². The van der Waals surface area contributed by atoms with Gasteiger partial charge in [-0.3, -0.25) is 15.0 Å². The highest BCUT2D eigenvalue weighted by Gasteiger charge is 2.22. The maximum Gasteiger partial charge on any atom is 0.340 e. The number of benzene rings is 2. The molecule has 1 heterocycles. The number of piperazine rings is 1. The second-order valence-corrected chi connectivity index (χ2v) is 6.46. The van der Waals surface area contributed by atoms with Crippen molar-refractivity contribution in [2.45, 2.75) is 6.54 Å². The number of esters is 1. The molecule has 0 bridgehead atoms. The summed E-state index contributed by atoms with van der Waals surface area (Å²) >= 11 is 0. The van der Waals surface area contributed by atoms with Crippen molar-refractivity contribution in [3.8, 4) is 0 Å². The Balaban J connectivity index is 1.61. The molecule has 1 aliphatic heterocycles. The van der Waals surface area contributed by atoms with Crippen LogP contribution in [0.1, 0.15) is 15.9 Å². The first-order chi connectivity index (χ1) is 13.4. The Kier molecular flexibility index (Phi) is 5.84. The summed E-state index contributed by atoms with van der Waals surface area (Å²) in [6.07, 6.45) is 0. The van der Waals surface area contributed by atoms with Crippen molar-refractivity contribution in [3.05, 3.63) is 69.3 Å². The predicted molar refractivity (Wildman–Crippen MR) is 98.3 cm³/mol. The van der Waals surface area contributed by atoms with E-state index in [-0.39, 0.29) is 11.3 Å². The van der Waals surface area contributed by atoms with Gasteiger partial charge < -0.3 is 9.64 Å². The Morgan fingerprint density at radius 1 is 1.11 bits per heavy atom. The van der Waals surface area contributed by atoms with Crippen LogP contribution in [-0.4, -0.2) is 49.1 Å². The fourth-order valence-corrected chi connectivity index (χ4v) is 3.20. The third kappa shape index (κ3) is 4.25. The molecule has 0 radical (unpaired) electrons. The van der Waals surface area contributed by atoms with Crippen molar-refractivity contribution in [3.63, 3.8) is 0 Å². The van der Waals surface area contributed by atoms with E-state index in [9.17, 15) is 23.7 Å². The van der Waals surface area contributed by atoms with Crippen LogP contribution in [0.5, 0.6) is 0 Å². The topological polar surface area (TPSA) is 75.9 Å². The molecule has 0 amide bonds. The monoisotopic (exact) mass is 391 g/mol. The number of hydrogen-bond acceptors (Lipinski definition) is 6. The zero-order valence-corrected chi connectivity index (χ0v) is 15.2. The van der Waals surface area contributed by atoms with Gasteiger partial charge in [-0.05, 0) is 23.8 Å². The summed E-state index contributed by atoms with van der Waals surface area (Å²) in [6, 6.07) is 8.03. The molecule has 0 saturated carbocycles. The van der Waals surface area contributed by atoms with Gasteiger partial charge >= 0.3 is 5.97 Å². The molecular weight excluding hydrogens is 372 g/mol. The van der Waals surface area contributed by atoms with Crippen LogP contribution in [0.15, 0.2) is 36.4 Å². The van der Waals surface area contributed by atoms with E-state index in [0.717, 1.165) is 11.6 Å². The smallest absolute Gasteiger partial charge is 0.340 e. The van der Waals surface area contributed by atoms with Crippen LogP contribution >= 0.6 is 0 Å². The Hall–Kier alpha value is -3.07. The summed E-state index contributed by atoms with van der Waals surface area (Å²) in [4.78, 5) is 25.5. The van der Waals surface area contributed by atoms with E-state index in [2.05, 4.69) is 9.64 Å². The molecule has 0 aromatic heterocycles. The Morgan fingerprint density at radius 2 is 1.82 bits per heavy atom. The molecule has 0 atom stereocenters. The number of carbonyl (C=O) groups is 1. The molecular formula is C19H19F2N3O4. The SMILES string of the molecule is COC(=O)c1ccc(CN2CCN(c3ccc([N+](=O)[O-])cc3F)CC2)cc1F. The van der Waals surface area contributed by atoms with Gasteiger partial charge in [0, 0.05) is 38.8 Å². The molecule has 9 heteroatoms. The number of nitro benzene ring substituents is 1. The first kappa shape index (κ1) is 19.7. The molecule has 3 rings (SSSR count). The van der Waals surface area contributed by atoms with Gasteiger partial charge in [0.05, 0.1) is 29.4 Å². The van der Waals surface area contributed by atoms with Crippen LogP contribution in [0, 0.1) is 21.7 Å². The largest absolute Gasteiger partial charge is 0.465 e. The number of anilines is 1. The minimum atomic E-state index is -0.720. The van der Waals surface area contributed by atoms with E-state index in [1.165, 1.54) is 31.4 Å². The van der Waals surface area contributed by atoms with Gasteiger partial charge in [0.25, 0.3) is 5.69 Å². The average molecular weight is 391 g/mol. The zero-order valence-electron chi connectivity index (χ0n) is 15.2. The van der Waals surface area contributed by atoms with Gasteiger partial charge in [-0.25, -0.2) is 13.6 Å². The number of nitrogens with zero attached hydrogens (tertiary/aromatic N) is 3. The molecule has 148 valence electrons. The molecule has 1 aliphatic rings. The molecule has 0 unspecified atom stereocenters. The Bertz CT molecular complexity index is 899. The van der Waals surface area contributed by atoms with Crippen molar-refractivity contribution >= 4 is 17.3 Å². The number of hydrogen-bond donors (Lipinski definition) is 0.